The Bertz CT molecular complexity index is 456. The van der Waals surface area contributed by atoms with Crippen LogP contribution in [0.5, 0.6) is 0 Å². The van der Waals surface area contributed by atoms with Gasteiger partial charge in [0.2, 0.25) is 0 Å². The molecule has 1 aliphatic rings. The molecule has 0 atom stereocenters. The van der Waals surface area contributed by atoms with Crippen molar-refractivity contribution in [1.29, 1.82) is 0 Å². The minimum atomic E-state index is -0.00309. The lowest BCUT2D eigenvalue weighted by molar-refractivity contribution is 0.0511. The van der Waals surface area contributed by atoms with Crippen molar-refractivity contribution >= 4 is 30.1 Å². The van der Waals surface area contributed by atoms with Crippen LogP contribution in [0.3, 0.4) is 0 Å². The van der Waals surface area contributed by atoms with Crippen LogP contribution in [0, 0.1) is 5.41 Å². The highest BCUT2D eigenvalue weighted by atomic mass is 35.5. The summed E-state index contributed by atoms with van der Waals surface area (Å²) >= 11 is 1.68. The molecule has 1 fully saturated rings. The molecule has 1 saturated heterocycles. The van der Waals surface area contributed by atoms with Crippen molar-refractivity contribution in [2.45, 2.75) is 17.7 Å². The highest BCUT2D eigenvalue weighted by Gasteiger charge is 2.32. The second-order valence-corrected chi connectivity index (χ2v) is 6.47. The number of nitrogens with one attached hydrogen (secondary N) is 2. The summed E-state index contributed by atoms with van der Waals surface area (Å²) in [5.41, 5.74) is 0.781. The Morgan fingerprint density at radius 1 is 1.32 bits per heavy atom. The highest BCUT2D eigenvalue weighted by molar-refractivity contribution is 7.98. The summed E-state index contributed by atoms with van der Waals surface area (Å²) in [6.07, 6.45) is 4.10. The summed E-state index contributed by atoms with van der Waals surface area (Å²) in [7, 11) is 1.73. The molecule has 6 heteroatoms. The minimum absolute atomic E-state index is 0. The molecule has 1 aromatic carbocycles. The molecule has 0 bridgehead atoms. The lowest BCUT2D eigenvalue weighted by Gasteiger charge is -2.37. The van der Waals surface area contributed by atoms with Crippen LogP contribution in [-0.4, -0.2) is 45.5 Å². The van der Waals surface area contributed by atoms with E-state index >= 15 is 0 Å². The van der Waals surface area contributed by atoms with Crippen LogP contribution in [0.4, 0.5) is 0 Å². The van der Waals surface area contributed by atoms with Crippen LogP contribution in [0.1, 0.15) is 23.2 Å². The van der Waals surface area contributed by atoms with Crippen molar-refractivity contribution in [1.82, 2.24) is 10.6 Å². The van der Waals surface area contributed by atoms with Crippen molar-refractivity contribution < 1.29 is 9.53 Å². The largest absolute Gasteiger partial charge is 0.384 e. The van der Waals surface area contributed by atoms with Gasteiger partial charge in [-0.1, -0.05) is 0 Å². The zero-order valence-electron chi connectivity index (χ0n) is 13.2. The molecular formula is C16H25ClN2O2S. The number of amides is 1. The van der Waals surface area contributed by atoms with E-state index in [4.69, 9.17) is 4.74 Å². The molecule has 2 N–H and O–H groups in total. The first-order chi connectivity index (χ1) is 10.2. The summed E-state index contributed by atoms with van der Waals surface area (Å²) in [5.74, 6) is -0.00309. The number of hydrogen-bond acceptors (Lipinski definition) is 4. The van der Waals surface area contributed by atoms with Gasteiger partial charge in [0.15, 0.2) is 0 Å². The first-order valence-corrected chi connectivity index (χ1v) is 8.53. The molecule has 0 spiro atoms. The minimum Gasteiger partial charge on any atom is -0.384 e. The number of thioether (sulfide) groups is 1. The zero-order chi connectivity index (χ0) is 15.1. The molecule has 1 aliphatic heterocycles. The number of halogens is 1. The maximum absolute atomic E-state index is 12.3. The number of carbonyl (C=O) groups is 1. The molecule has 1 heterocycles. The Labute approximate surface area is 143 Å². The van der Waals surface area contributed by atoms with Crippen molar-refractivity contribution in [2.24, 2.45) is 5.41 Å². The Balaban J connectivity index is 0.00000242. The van der Waals surface area contributed by atoms with Gasteiger partial charge in [-0.3, -0.25) is 4.79 Å². The Morgan fingerprint density at radius 2 is 1.95 bits per heavy atom. The van der Waals surface area contributed by atoms with Crippen LogP contribution in [-0.2, 0) is 4.74 Å². The number of ether oxygens (including phenoxy) is 1. The third-order valence-corrected chi connectivity index (χ3v) is 4.83. The number of piperidine rings is 1. The average molecular weight is 345 g/mol. The molecule has 0 radical (unpaired) electrons. The molecule has 22 heavy (non-hydrogen) atoms. The molecule has 1 amide bonds. The molecule has 2 rings (SSSR count). The van der Waals surface area contributed by atoms with Gasteiger partial charge in [-0.15, -0.1) is 24.2 Å². The van der Waals surface area contributed by atoms with Crippen LogP contribution in [0.25, 0.3) is 0 Å². The summed E-state index contributed by atoms with van der Waals surface area (Å²) in [5, 5.41) is 6.44. The molecule has 0 unspecified atom stereocenters. The van der Waals surface area contributed by atoms with Crippen molar-refractivity contribution in [3.63, 3.8) is 0 Å². The Morgan fingerprint density at radius 3 is 2.50 bits per heavy atom. The Kier molecular flexibility index (Phi) is 8.25. The fraction of sp³-hybridized carbons (Fsp3) is 0.562. The van der Waals surface area contributed by atoms with E-state index in [-0.39, 0.29) is 23.7 Å². The predicted octanol–water partition coefficient (Wildman–Crippen LogP) is 2.58. The third-order valence-electron chi connectivity index (χ3n) is 4.09. The molecular weight excluding hydrogens is 320 g/mol. The van der Waals surface area contributed by atoms with Crippen molar-refractivity contribution in [3.05, 3.63) is 29.8 Å². The predicted molar refractivity (Wildman–Crippen MR) is 94.2 cm³/mol. The van der Waals surface area contributed by atoms with Gasteiger partial charge >= 0.3 is 0 Å². The maximum Gasteiger partial charge on any atom is 0.251 e. The van der Waals surface area contributed by atoms with E-state index in [1.165, 1.54) is 4.90 Å². The number of carbonyl (C=O) groups excluding carboxylic acids is 1. The van der Waals surface area contributed by atoms with Gasteiger partial charge in [0.25, 0.3) is 5.91 Å². The monoisotopic (exact) mass is 344 g/mol. The fourth-order valence-electron chi connectivity index (χ4n) is 2.75. The standard InChI is InChI=1S/C16H24N2O2S.ClH/c1-20-12-16(7-9-17-10-8-16)11-18-15(19)13-3-5-14(21-2)6-4-13;/h3-6,17H,7-12H2,1-2H3,(H,18,19);1H. The molecule has 1 aromatic rings. The number of benzene rings is 1. The van der Waals surface area contributed by atoms with E-state index in [9.17, 15) is 4.79 Å². The van der Waals surface area contributed by atoms with Gasteiger partial charge in [-0.05, 0) is 56.5 Å². The van der Waals surface area contributed by atoms with Crippen LogP contribution >= 0.6 is 24.2 Å². The van der Waals surface area contributed by atoms with Gasteiger partial charge < -0.3 is 15.4 Å². The lowest BCUT2D eigenvalue weighted by atomic mass is 9.79. The van der Waals surface area contributed by atoms with E-state index in [0.29, 0.717) is 18.7 Å². The molecule has 124 valence electrons. The molecule has 0 saturated carbocycles. The molecule has 0 aliphatic carbocycles. The number of rotatable bonds is 6. The summed E-state index contributed by atoms with van der Waals surface area (Å²) < 4.78 is 5.37. The Hall–Kier alpha value is -0.750. The first-order valence-electron chi connectivity index (χ1n) is 7.31. The number of hydrogen-bond donors (Lipinski definition) is 2. The van der Waals surface area contributed by atoms with Gasteiger partial charge in [-0.25, -0.2) is 0 Å². The second-order valence-electron chi connectivity index (χ2n) is 5.59. The summed E-state index contributed by atoms with van der Waals surface area (Å²) in [6, 6.07) is 7.73. The van der Waals surface area contributed by atoms with Crippen molar-refractivity contribution in [3.8, 4) is 0 Å². The normalized spacial score (nSPS) is 16.6. The van der Waals surface area contributed by atoms with Gasteiger partial charge in [0, 0.05) is 29.5 Å². The van der Waals surface area contributed by atoms with E-state index in [1.807, 2.05) is 30.5 Å². The summed E-state index contributed by atoms with van der Waals surface area (Å²) in [6.45, 7) is 3.34. The van der Waals surface area contributed by atoms with Crippen LogP contribution in [0.15, 0.2) is 29.2 Å². The highest BCUT2D eigenvalue weighted by Crippen LogP contribution is 2.28. The lowest BCUT2D eigenvalue weighted by Crippen LogP contribution is -2.47. The average Bonchev–Trinajstić information content (AvgIpc) is 2.54. The van der Waals surface area contributed by atoms with E-state index in [1.54, 1.807) is 18.9 Å². The first kappa shape index (κ1) is 19.3. The summed E-state index contributed by atoms with van der Waals surface area (Å²) in [4.78, 5) is 13.4. The maximum atomic E-state index is 12.3. The van der Waals surface area contributed by atoms with Crippen molar-refractivity contribution in [2.75, 3.05) is 39.6 Å². The van der Waals surface area contributed by atoms with Gasteiger partial charge in [-0.2, -0.15) is 0 Å². The zero-order valence-corrected chi connectivity index (χ0v) is 14.8. The van der Waals surface area contributed by atoms with Crippen LogP contribution in [0.2, 0.25) is 0 Å². The molecule has 0 aromatic heterocycles. The van der Waals surface area contributed by atoms with E-state index in [0.717, 1.165) is 25.9 Å². The fourth-order valence-corrected chi connectivity index (χ4v) is 3.16. The SMILES string of the molecule is COCC1(CNC(=O)c2ccc(SC)cc2)CCNCC1.Cl. The second kappa shape index (κ2) is 9.40. The quantitative estimate of drug-likeness (QED) is 0.779. The van der Waals surface area contributed by atoms with Gasteiger partial charge in [0.05, 0.1) is 6.61 Å². The molecule has 4 nitrogen and oxygen atoms in total. The third kappa shape index (κ3) is 5.16. The van der Waals surface area contributed by atoms with E-state index in [2.05, 4.69) is 10.6 Å². The van der Waals surface area contributed by atoms with Crippen LogP contribution < -0.4 is 10.6 Å². The van der Waals surface area contributed by atoms with E-state index < -0.39 is 0 Å². The van der Waals surface area contributed by atoms with Gasteiger partial charge in [0.1, 0.15) is 0 Å². The number of methoxy groups -OCH3 is 1. The smallest absolute Gasteiger partial charge is 0.251 e. The topological polar surface area (TPSA) is 50.4 Å².